The van der Waals surface area contributed by atoms with Gasteiger partial charge in [0, 0.05) is 5.56 Å². The third-order valence-electron chi connectivity index (χ3n) is 8.03. The van der Waals surface area contributed by atoms with Gasteiger partial charge in [-0.15, -0.1) is 0 Å². The minimum atomic E-state index is 0.314. The quantitative estimate of drug-likeness (QED) is 0.477. The summed E-state index contributed by atoms with van der Waals surface area (Å²) in [6.07, 6.45) is 10.2. The summed E-state index contributed by atoms with van der Waals surface area (Å²) < 4.78 is 5.97. The molecule has 3 aromatic rings. The summed E-state index contributed by atoms with van der Waals surface area (Å²) in [7, 11) is 0. The summed E-state index contributed by atoms with van der Waals surface area (Å²) in [6, 6.07) is 17.0. The summed E-state index contributed by atoms with van der Waals surface area (Å²) in [5.41, 5.74) is 5.08. The van der Waals surface area contributed by atoms with Gasteiger partial charge in [-0.2, -0.15) is 5.26 Å². The number of nitriles is 1. The first-order chi connectivity index (χ1) is 15.7. The molecule has 4 aliphatic rings. The molecule has 0 spiro atoms. The van der Waals surface area contributed by atoms with E-state index in [1.165, 1.54) is 44.1 Å². The number of aromatic nitrogens is 2. The number of ether oxygens (including phenoxy) is 1. The van der Waals surface area contributed by atoms with Crippen LogP contribution in [0.15, 0.2) is 42.5 Å². The molecule has 0 saturated heterocycles. The summed E-state index contributed by atoms with van der Waals surface area (Å²) in [5, 5.41) is 9.97. The van der Waals surface area contributed by atoms with Crippen molar-refractivity contribution in [2.45, 2.75) is 50.9 Å². The number of aromatic amines is 1. The molecular weight excluding hydrogens is 394 g/mol. The second kappa shape index (κ2) is 7.52. The van der Waals surface area contributed by atoms with Crippen molar-refractivity contribution in [1.82, 2.24) is 9.97 Å². The molecule has 1 N–H and O–H groups in total. The molecule has 0 unspecified atom stereocenters. The third-order valence-corrected chi connectivity index (χ3v) is 8.03. The van der Waals surface area contributed by atoms with E-state index in [4.69, 9.17) is 4.74 Å². The Kier molecular flexibility index (Phi) is 4.61. The Morgan fingerprint density at radius 1 is 1.12 bits per heavy atom. The highest BCUT2D eigenvalue weighted by atomic mass is 16.5. The van der Waals surface area contributed by atoms with Gasteiger partial charge in [0.25, 0.3) is 0 Å². The highest BCUT2D eigenvalue weighted by molar-refractivity contribution is 5.91. The van der Waals surface area contributed by atoms with Crippen LogP contribution in [0.3, 0.4) is 0 Å². The number of hydrogen-bond acceptors (Lipinski definition) is 3. The standard InChI is InChI=1S/C28H29N3O/c1-2-32-26-8-7-23(28-14-18-9-19(15-28)11-20(10-18)16-28)13-21(26)12-22(17-29)27-30-24-5-3-4-6-25(24)31-27/h3-8,12-13,18-20H,2,9-11,14-16H2,1H3,(H,30,31)/b22-12+. The number of allylic oxidation sites excluding steroid dienone is 1. The van der Waals surface area contributed by atoms with Gasteiger partial charge in [0.15, 0.2) is 0 Å². The van der Waals surface area contributed by atoms with Crippen molar-refractivity contribution in [2.75, 3.05) is 6.61 Å². The SMILES string of the molecule is CCOc1ccc(C23CC4CC(CC(C4)C2)C3)cc1/C=C(\C#N)c1nc2ccccc2[nH]1. The van der Waals surface area contributed by atoms with E-state index < -0.39 is 0 Å². The molecule has 0 amide bonds. The second-order valence-corrected chi connectivity index (χ2v) is 10.2. The minimum Gasteiger partial charge on any atom is -0.493 e. The summed E-state index contributed by atoms with van der Waals surface area (Å²) in [4.78, 5) is 7.94. The van der Waals surface area contributed by atoms with Gasteiger partial charge in [-0.3, -0.25) is 0 Å². The molecule has 0 aliphatic heterocycles. The Labute approximate surface area is 189 Å². The van der Waals surface area contributed by atoms with E-state index in [2.05, 4.69) is 34.2 Å². The zero-order valence-corrected chi connectivity index (χ0v) is 18.6. The lowest BCUT2D eigenvalue weighted by Crippen LogP contribution is -2.48. The first-order valence-electron chi connectivity index (χ1n) is 12.0. The number of fused-ring (bicyclic) bond motifs is 1. The lowest BCUT2D eigenvalue weighted by molar-refractivity contribution is -0.00521. The molecule has 7 rings (SSSR count). The van der Waals surface area contributed by atoms with Crippen molar-refractivity contribution in [3.05, 3.63) is 59.4 Å². The zero-order valence-electron chi connectivity index (χ0n) is 18.6. The molecule has 4 fully saturated rings. The lowest BCUT2D eigenvalue weighted by atomic mass is 9.48. The topological polar surface area (TPSA) is 61.7 Å². The van der Waals surface area contributed by atoms with Crippen LogP contribution in [0.1, 0.15) is 62.4 Å². The molecule has 4 heteroatoms. The number of rotatable bonds is 5. The molecule has 2 aromatic carbocycles. The first kappa shape index (κ1) is 19.6. The van der Waals surface area contributed by atoms with Crippen LogP contribution in [-0.2, 0) is 5.41 Å². The predicted molar refractivity (Wildman–Crippen MR) is 127 cm³/mol. The van der Waals surface area contributed by atoms with E-state index in [-0.39, 0.29) is 0 Å². The van der Waals surface area contributed by atoms with Crippen molar-refractivity contribution in [3.63, 3.8) is 0 Å². The van der Waals surface area contributed by atoms with Gasteiger partial charge >= 0.3 is 0 Å². The molecule has 4 saturated carbocycles. The Morgan fingerprint density at radius 3 is 2.50 bits per heavy atom. The van der Waals surface area contributed by atoms with E-state index in [0.717, 1.165) is 40.1 Å². The van der Waals surface area contributed by atoms with Crippen LogP contribution >= 0.6 is 0 Å². The van der Waals surface area contributed by atoms with Crippen LogP contribution in [0.4, 0.5) is 0 Å². The fourth-order valence-corrected chi connectivity index (χ4v) is 7.13. The van der Waals surface area contributed by atoms with Crippen molar-refractivity contribution >= 4 is 22.7 Å². The van der Waals surface area contributed by atoms with E-state index in [0.29, 0.717) is 23.4 Å². The largest absolute Gasteiger partial charge is 0.493 e. The average Bonchev–Trinajstić information content (AvgIpc) is 3.21. The van der Waals surface area contributed by atoms with E-state index in [1.807, 2.05) is 37.3 Å². The number of imidazole rings is 1. The maximum Gasteiger partial charge on any atom is 0.149 e. The summed E-state index contributed by atoms with van der Waals surface area (Å²) >= 11 is 0. The molecule has 0 atom stereocenters. The average molecular weight is 424 g/mol. The third kappa shape index (κ3) is 3.23. The van der Waals surface area contributed by atoms with Gasteiger partial charge in [0.2, 0.25) is 0 Å². The fraction of sp³-hybridized carbons (Fsp3) is 0.429. The summed E-state index contributed by atoms with van der Waals surface area (Å²) in [6.45, 7) is 2.61. The monoisotopic (exact) mass is 423 g/mol. The molecule has 1 aromatic heterocycles. The van der Waals surface area contributed by atoms with E-state index in [1.54, 1.807) is 0 Å². The van der Waals surface area contributed by atoms with Crippen LogP contribution in [0.2, 0.25) is 0 Å². The van der Waals surface area contributed by atoms with Gasteiger partial charge < -0.3 is 9.72 Å². The van der Waals surface area contributed by atoms with Gasteiger partial charge in [-0.25, -0.2) is 4.98 Å². The molecule has 1 heterocycles. The van der Waals surface area contributed by atoms with Gasteiger partial charge in [-0.05, 0) is 105 Å². The van der Waals surface area contributed by atoms with E-state index in [9.17, 15) is 5.26 Å². The number of nitrogens with zero attached hydrogens (tertiary/aromatic N) is 2. The van der Waals surface area contributed by atoms with Gasteiger partial charge in [0.05, 0.1) is 23.2 Å². The predicted octanol–water partition coefficient (Wildman–Crippen LogP) is 6.49. The highest BCUT2D eigenvalue weighted by Gasteiger charge is 2.51. The number of nitrogens with one attached hydrogen (secondary N) is 1. The van der Waals surface area contributed by atoms with Crippen molar-refractivity contribution in [1.29, 1.82) is 5.26 Å². The number of para-hydroxylation sites is 2. The Morgan fingerprint density at radius 2 is 1.84 bits per heavy atom. The van der Waals surface area contributed by atoms with Crippen LogP contribution in [-0.4, -0.2) is 16.6 Å². The maximum atomic E-state index is 9.97. The molecule has 4 aliphatic carbocycles. The molecule has 0 radical (unpaired) electrons. The Balaban J connectivity index is 1.42. The molecule has 4 bridgehead atoms. The van der Waals surface area contributed by atoms with Crippen molar-refractivity contribution < 1.29 is 4.74 Å². The van der Waals surface area contributed by atoms with Gasteiger partial charge in [-0.1, -0.05) is 18.2 Å². The molecular formula is C28H29N3O. The van der Waals surface area contributed by atoms with Gasteiger partial charge in [0.1, 0.15) is 17.6 Å². The molecule has 32 heavy (non-hydrogen) atoms. The van der Waals surface area contributed by atoms with Crippen LogP contribution < -0.4 is 4.74 Å². The van der Waals surface area contributed by atoms with Crippen molar-refractivity contribution in [2.24, 2.45) is 17.8 Å². The second-order valence-electron chi connectivity index (χ2n) is 10.2. The minimum absolute atomic E-state index is 0.314. The van der Waals surface area contributed by atoms with Crippen LogP contribution in [0.25, 0.3) is 22.7 Å². The smallest absolute Gasteiger partial charge is 0.149 e. The number of benzene rings is 2. The Bertz CT molecular complexity index is 1180. The van der Waals surface area contributed by atoms with Crippen molar-refractivity contribution in [3.8, 4) is 11.8 Å². The molecule has 162 valence electrons. The number of H-pyrrole nitrogens is 1. The molecule has 4 nitrogen and oxygen atoms in total. The zero-order chi connectivity index (χ0) is 21.7. The highest BCUT2D eigenvalue weighted by Crippen LogP contribution is 2.61. The van der Waals surface area contributed by atoms with Crippen LogP contribution in [0.5, 0.6) is 5.75 Å². The summed E-state index contributed by atoms with van der Waals surface area (Å²) in [5.74, 6) is 4.15. The normalized spacial score (nSPS) is 28.8. The maximum absolute atomic E-state index is 9.97. The number of hydrogen-bond donors (Lipinski definition) is 1. The lowest BCUT2D eigenvalue weighted by Gasteiger charge is -2.57. The first-order valence-corrected chi connectivity index (χ1v) is 12.0. The Hall–Kier alpha value is -3.06. The fourth-order valence-electron chi connectivity index (χ4n) is 7.13. The van der Waals surface area contributed by atoms with Crippen LogP contribution in [0, 0.1) is 29.1 Å². The van der Waals surface area contributed by atoms with E-state index >= 15 is 0 Å².